The summed E-state index contributed by atoms with van der Waals surface area (Å²) in [6, 6.07) is 9.23. The van der Waals surface area contributed by atoms with Crippen molar-refractivity contribution in [3.05, 3.63) is 53.7 Å². The zero-order valence-electron chi connectivity index (χ0n) is 12.6. The molecule has 3 nitrogen and oxygen atoms in total. The number of thioether (sulfide) groups is 1. The first-order valence-electron chi connectivity index (χ1n) is 6.87. The third-order valence-corrected chi connectivity index (χ3v) is 4.10. The molecule has 0 aliphatic heterocycles. The van der Waals surface area contributed by atoms with Crippen molar-refractivity contribution in [3.63, 3.8) is 0 Å². The molecule has 2 rings (SSSR count). The Balaban J connectivity index is 2.26. The molecule has 0 aliphatic rings. The quantitative estimate of drug-likeness (QED) is 0.769. The minimum atomic E-state index is -4.45. The van der Waals surface area contributed by atoms with Gasteiger partial charge in [0.2, 0.25) is 0 Å². The zero-order valence-corrected chi connectivity index (χ0v) is 13.4. The summed E-state index contributed by atoms with van der Waals surface area (Å²) < 4.78 is 37.7. The van der Waals surface area contributed by atoms with Crippen LogP contribution >= 0.6 is 11.8 Å². The average molecular weight is 340 g/mol. The van der Waals surface area contributed by atoms with E-state index in [2.05, 4.69) is 4.98 Å². The fourth-order valence-corrected chi connectivity index (χ4v) is 2.76. The van der Waals surface area contributed by atoms with E-state index in [4.69, 9.17) is 0 Å². The second-order valence-corrected chi connectivity index (χ2v) is 6.00. The lowest BCUT2D eigenvalue weighted by Gasteiger charge is -2.18. The van der Waals surface area contributed by atoms with E-state index < -0.39 is 11.7 Å². The lowest BCUT2D eigenvalue weighted by atomic mass is 10.2. The molecular weight excluding hydrogens is 325 g/mol. The normalized spacial score (nSPS) is 11.3. The summed E-state index contributed by atoms with van der Waals surface area (Å²) in [6.45, 7) is 1.98. The monoisotopic (exact) mass is 340 g/mol. The highest BCUT2D eigenvalue weighted by molar-refractivity contribution is 7.99. The number of nitrogens with zero attached hydrogens (tertiary/aromatic N) is 2. The van der Waals surface area contributed by atoms with Crippen LogP contribution in [0.3, 0.4) is 0 Å². The van der Waals surface area contributed by atoms with Gasteiger partial charge in [-0.25, -0.2) is 4.98 Å². The molecule has 0 unspecified atom stereocenters. The van der Waals surface area contributed by atoms with Gasteiger partial charge in [-0.1, -0.05) is 19.1 Å². The van der Waals surface area contributed by atoms with Crippen molar-refractivity contribution in [1.82, 2.24) is 4.98 Å². The number of anilines is 1. The van der Waals surface area contributed by atoms with Crippen LogP contribution in [0.15, 0.2) is 47.5 Å². The zero-order chi connectivity index (χ0) is 17.0. The first-order chi connectivity index (χ1) is 10.8. The number of rotatable bonds is 4. The number of alkyl halides is 3. The second-order valence-electron chi connectivity index (χ2n) is 4.70. The molecular formula is C16H15F3N2OS. The number of halogens is 3. The van der Waals surface area contributed by atoms with Gasteiger partial charge in [0.05, 0.1) is 11.1 Å². The van der Waals surface area contributed by atoms with E-state index in [-0.39, 0.29) is 11.7 Å². The van der Waals surface area contributed by atoms with Crippen molar-refractivity contribution < 1.29 is 18.0 Å². The summed E-state index contributed by atoms with van der Waals surface area (Å²) in [5.41, 5.74) is -0.340. The molecule has 0 aliphatic carbocycles. The molecule has 1 heterocycles. The minimum Gasteiger partial charge on any atom is -0.296 e. The maximum atomic E-state index is 12.6. The van der Waals surface area contributed by atoms with Crippen LogP contribution in [0, 0.1) is 0 Å². The van der Waals surface area contributed by atoms with Crippen molar-refractivity contribution in [2.45, 2.75) is 18.0 Å². The number of benzene rings is 1. The van der Waals surface area contributed by atoms with Crippen LogP contribution in [0.5, 0.6) is 0 Å². The lowest BCUT2D eigenvalue weighted by molar-refractivity contribution is -0.137. The maximum absolute atomic E-state index is 12.6. The maximum Gasteiger partial charge on any atom is 0.417 e. The summed E-state index contributed by atoms with van der Waals surface area (Å²) in [6.07, 6.45) is -3.72. The molecule has 0 fully saturated rings. The number of hydrogen-bond acceptors (Lipinski definition) is 3. The summed E-state index contributed by atoms with van der Waals surface area (Å²) in [5.74, 6) is 0.667. The van der Waals surface area contributed by atoms with Gasteiger partial charge in [0.1, 0.15) is 5.82 Å². The highest BCUT2D eigenvalue weighted by atomic mass is 32.2. The van der Waals surface area contributed by atoms with Gasteiger partial charge < -0.3 is 0 Å². The number of carbonyl (C=O) groups is 1. The van der Waals surface area contributed by atoms with Gasteiger partial charge >= 0.3 is 6.18 Å². The Hall–Kier alpha value is -2.02. The Kier molecular flexibility index (Phi) is 5.30. The SMILES string of the molecule is CCSc1ccccc1C(=O)N(C)c1ccc(C(F)(F)F)cn1. The summed E-state index contributed by atoms with van der Waals surface area (Å²) in [4.78, 5) is 18.4. The third-order valence-electron chi connectivity index (χ3n) is 3.14. The molecule has 0 spiro atoms. The highest BCUT2D eigenvalue weighted by Crippen LogP contribution is 2.30. The molecule has 0 saturated carbocycles. The van der Waals surface area contributed by atoms with E-state index in [1.165, 1.54) is 29.8 Å². The van der Waals surface area contributed by atoms with Crippen LogP contribution in [0.4, 0.5) is 19.0 Å². The van der Waals surface area contributed by atoms with Crippen LogP contribution in [0.2, 0.25) is 0 Å². The fourth-order valence-electron chi connectivity index (χ4n) is 1.96. The smallest absolute Gasteiger partial charge is 0.296 e. The van der Waals surface area contributed by atoms with Crippen molar-refractivity contribution in [2.75, 3.05) is 17.7 Å². The molecule has 7 heteroatoms. The Morgan fingerprint density at radius 3 is 2.48 bits per heavy atom. The molecule has 122 valence electrons. The first kappa shape index (κ1) is 17.3. The molecule has 0 atom stereocenters. The second kappa shape index (κ2) is 7.04. The highest BCUT2D eigenvalue weighted by Gasteiger charge is 2.31. The molecule has 1 amide bonds. The summed E-state index contributed by atoms with van der Waals surface area (Å²) >= 11 is 1.53. The van der Waals surface area contributed by atoms with Gasteiger partial charge in [0, 0.05) is 18.1 Å². The standard InChI is InChI=1S/C16H15F3N2OS/c1-3-23-13-7-5-4-6-12(13)15(22)21(2)14-9-8-11(10-20-14)16(17,18)19/h4-10H,3H2,1-2H3. The topological polar surface area (TPSA) is 33.2 Å². The Bertz CT molecular complexity index is 686. The van der Waals surface area contributed by atoms with Gasteiger partial charge in [0.25, 0.3) is 5.91 Å². The number of carbonyl (C=O) groups excluding carboxylic acids is 1. The van der Waals surface area contributed by atoms with Crippen LogP contribution in [0.1, 0.15) is 22.8 Å². The largest absolute Gasteiger partial charge is 0.417 e. The number of amides is 1. The lowest BCUT2D eigenvalue weighted by Crippen LogP contribution is -2.27. The molecule has 0 saturated heterocycles. The van der Waals surface area contributed by atoms with E-state index in [0.717, 1.165) is 22.9 Å². The molecule has 0 radical (unpaired) electrons. The van der Waals surface area contributed by atoms with Crippen molar-refractivity contribution in [3.8, 4) is 0 Å². The van der Waals surface area contributed by atoms with Crippen molar-refractivity contribution in [2.24, 2.45) is 0 Å². The van der Waals surface area contributed by atoms with Crippen LogP contribution < -0.4 is 4.90 Å². The number of hydrogen-bond donors (Lipinski definition) is 0. The fraction of sp³-hybridized carbons (Fsp3) is 0.250. The van der Waals surface area contributed by atoms with Crippen molar-refractivity contribution in [1.29, 1.82) is 0 Å². The first-order valence-corrected chi connectivity index (χ1v) is 7.86. The molecule has 2 aromatic rings. The minimum absolute atomic E-state index is 0.166. The van der Waals surface area contributed by atoms with E-state index in [1.807, 2.05) is 19.1 Å². The summed E-state index contributed by atoms with van der Waals surface area (Å²) in [5, 5.41) is 0. The van der Waals surface area contributed by atoms with Gasteiger partial charge in [0.15, 0.2) is 0 Å². The molecule has 1 aromatic carbocycles. The molecule has 23 heavy (non-hydrogen) atoms. The number of aromatic nitrogens is 1. The van der Waals surface area contributed by atoms with E-state index in [9.17, 15) is 18.0 Å². The summed E-state index contributed by atoms with van der Waals surface area (Å²) in [7, 11) is 1.49. The van der Waals surface area contributed by atoms with Crippen molar-refractivity contribution >= 4 is 23.5 Å². The van der Waals surface area contributed by atoms with Gasteiger partial charge in [-0.2, -0.15) is 13.2 Å². The van der Waals surface area contributed by atoms with Crippen LogP contribution in [0.25, 0.3) is 0 Å². The van der Waals surface area contributed by atoms with Crippen LogP contribution in [-0.4, -0.2) is 23.7 Å². The Morgan fingerprint density at radius 1 is 1.22 bits per heavy atom. The van der Waals surface area contributed by atoms with Gasteiger partial charge in [-0.05, 0) is 30.0 Å². The van der Waals surface area contributed by atoms with E-state index in [1.54, 1.807) is 12.1 Å². The van der Waals surface area contributed by atoms with Gasteiger partial charge in [-0.15, -0.1) is 11.8 Å². The predicted molar refractivity (Wildman–Crippen MR) is 84.8 cm³/mol. The Labute approximate surface area is 136 Å². The Morgan fingerprint density at radius 2 is 1.91 bits per heavy atom. The molecule has 0 bridgehead atoms. The van der Waals surface area contributed by atoms with Crippen LogP contribution in [-0.2, 0) is 6.18 Å². The van der Waals surface area contributed by atoms with E-state index in [0.29, 0.717) is 5.56 Å². The third kappa shape index (κ3) is 4.04. The average Bonchev–Trinajstić information content (AvgIpc) is 2.54. The van der Waals surface area contributed by atoms with E-state index >= 15 is 0 Å². The van der Waals surface area contributed by atoms with Gasteiger partial charge in [-0.3, -0.25) is 9.69 Å². The molecule has 0 N–H and O–H groups in total. The number of pyridine rings is 1. The predicted octanol–water partition coefficient (Wildman–Crippen LogP) is 4.49. The molecule has 1 aromatic heterocycles.